The minimum absolute atomic E-state index is 0.157. The Labute approximate surface area is 158 Å². The van der Waals surface area contributed by atoms with E-state index in [0.29, 0.717) is 12.8 Å². The highest BCUT2D eigenvalue weighted by Gasteiger charge is 2.21. The van der Waals surface area contributed by atoms with Gasteiger partial charge in [0.1, 0.15) is 0 Å². The third-order valence-corrected chi connectivity index (χ3v) is 5.80. The lowest BCUT2D eigenvalue weighted by Gasteiger charge is -2.34. The number of hydrogen-bond donors (Lipinski definition) is 0. The van der Waals surface area contributed by atoms with Gasteiger partial charge < -0.3 is 4.90 Å². The van der Waals surface area contributed by atoms with Gasteiger partial charge in [0.25, 0.3) is 0 Å². The van der Waals surface area contributed by atoms with E-state index in [-0.39, 0.29) is 11.7 Å². The minimum Gasteiger partial charge on any atom is -0.340 e. The van der Waals surface area contributed by atoms with E-state index in [1.165, 1.54) is 0 Å². The Hall–Kier alpha value is -2.24. The van der Waals surface area contributed by atoms with Crippen LogP contribution < -0.4 is 0 Å². The molecule has 0 saturated carbocycles. The molecule has 1 aliphatic rings. The number of nitrogens with zero attached hydrogens (tertiary/aromatic N) is 2. The van der Waals surface area contributed by atoms with Gasteiger partial charge in [0, 0.05) is 50.3 Å². The fraction of sp³-hybridized carbons (Fsp3) is 0.333. The third kappa shape index (κ3) is 4.68. The second-order valence-electron chi connectivity index (χ2n) is 6.41. The van der Waals surface area contributed by atoms with E-state index in [2.05, 4.69) is 17.5 Å². The summed E-state index contributed by atoms with van der Waals surface area (Å²) in [5.41, 5.74) is 0. The summed E-state index contributed by atoms with van der Waals surface area (Å²) < 4.78 is 1.16. The average molecular weight is 369 g/mol. The van der Waals surface area contributed by atoms with Crippen LogP contribution in [0.4, 0.5) is 0 Å². The van der Waals surface area contributed by atoms with Gasteiger partial charge in [0.2, 0.25) is 5.91 Å². The zero-order chi connectivity index (χ0) is 18.4. The highest BCUT2D eigenvalue weighted by molar-refractivity contribution is 7.20. The van der Waals surface area contributed by atoms with E-state index in [0.717, 1.165) is 47.7 Å². The summed E-state index contributed by atoms with van der Waals surface area (Å²) in [5, 5.41) is 1.14. The molecule has 26 heavy (non-hydrogen) atoms. The highest BCUT2D eigenvalue weighted by atomic mass is 32.1. The van der Waals surface area contributed by atoms with Crippen LogP contribution in [0.5, 0.6) is 0 Å². The molecule has 5 heteroatoms. The van der Waals surface area contributed by atoms with E-state index in [1.54, 1.807) is 23.5 Å². The molecule has 2 heterocycles. The number of hydrogen-bond acceptors (Lipinski definition) is 4. The van der Waals surface area contributed by atoms with Crippen LogP contribution in [0.15, 0.2) is 55.1 Å². The van der Waals surface area contributed by atoms with Crippen LogP contribution in [0.25, 0.3) is 10.1 Å². The SMILES string of the molecule is C=C/C=C\CC(=O)N1CCN(CCC(=O)c2cc3ccccc3s2)CC1. The first-order chi connectivity index (χ1) is 12.7. The fourth-order valence-electron chi connectivity index (χ4n) is 3.12. The zero-order valence-electron chi connectivity index (χ0n) is 14.9. The summed E-state index contributed by atoms with van der Waals surface area (Å²) in [7, 11) is 0. The van der Waals surface area contributed by atoms with Crippen LogP contribution in [0.2, 0.25) is 0 Å². The van der Waals surface area contributed by atoms with Gasteiger partial charge in [-0.2, -0.15) is 0 Å². The zero-order valence-corrected chi connectivity index (χ0v) is 15.7. The van der Waals surface area contributed by atoms with E-state index >= 15 is 0 Å². The molecule has 3 rings (SSSR count). The molecular formula is C21H24N2O2S. The Morgan fingerprint density at radius 3 is 2.65 bits per heavy atom. The lowest BCUT2D eigenvalue weighted by molar-refractivity contribution is -0.132. The fourth-order valence-corrected chi connectivity index (χ4v) is 4.15. The van der Waals surface area contributed by atoms with E-state index in [4.69, 9.17) is 0 Å². The highest BCUT2D eigenvalue weighted by Crippen LogP contribution is 2.26. The van der Waals surface area contributed by atoms with Gasteiger partial charge in [-0.25, -0.2) is 0 Å². The third-order valence-electron chi connectivity index (χ3n) is 4.65. The quantitative estimate of drug-likeness (QED) is 0.552. The van der Waals surface area contributed by atoms with E-state index < -0.39 is 0 Å². The molecule has 136 valence electrons. The lowest BCUT2D eigenvalue weighted by atomic mass is 10.2. The largest absolute Gasteiger partial charge is 0.340 e. The molecule has 0 unspecified atom stereocenters. The second-order valence-corrected chi connectivity index (χ2v) is 7.50. The number of fused-ring (bicyclic) bond motifs is 1. The number of ketones is 1. The molecule has 1 saturated heterocycles. The standard InChI is InChI=1S/C21H24N2O2S/c1-2-3-4-9-21(25)23-14-12-22(13-15-23)11-10-18(24)20-16-17-7-5-6-8-19(17)26-20/h2-8,16H,1,9-15H2/b4-3-. The van der Waals surface area contributed by atoms with Crippen molar-refractivity contribution in [3.63, 3.8) is 0 Å². The first-order valence-electron chi connectivity index (χ1n) is 8.97. The number of thiophene rings is 1. The Balaban J connectivity index is 1.44. The molecule has 0 bridgehead atoms. The molecule has 1 aliphatic heterocycles. The van der Waals surface area contributed by atoms with Gasteiger partial charge in [0.15, 0.2) is 5.78 Å². The topological polar surface area (TPSA) is 40.6 Å². The predicted molar refractivity (Wildman–Crippen MR) is 108 cm³/mol. The summed E-state index contributed by atoms with van der Waals surface area (Å²) in [6.45, 7) is 7.49. The molecule has 0 radical (unpaired) electrons. The summed E-state index contributed by atoms with van der Waals surface area (Å²) in [5.74, 6) is 0.364. The number of Topliss-reactive ketones (excluding diaryl/α,β-unsaturated/α-hetero) is 1. The maximum Gasteiger partial charge on any atom is 0.226 e. The number of rotatable bonds is 7. The van der Waals surface area contributed by atoms with Gasteiger partial charge >= 0.3 is 0 Å². The summed E-state index contributed by atoms with van der Waals surface area (Å²) in [6.07, 6.45) is 6.28. The van der Waals surface area contributed by atoms with Crippen molar-refractivity contribution >= 4 is 33.1 Å². The van der Waals surface area contributed by atoms with Crippen LogP contribution in [0.3, 0.4) is 0 Å². The molecule has 2 aromatic rings. The summed E-state index contributed by atoms with van der Waals surface area (Å²) in [4.78, 5) is 29.6. The van der Waals surface area contributed by atoms with Crippen LogP contribution in [0.1, 0.15) is 22.5 Å². The molecule has 4 nitrogen and oxygen atoms in total. The normalized spacial score (nSPS) is 15.6. The molecule has 1 aromatic carbocycles. The van der Waals surface area contributed by atoms with Crippen molar-refractivity contribution in [2.45, 2.75) is 12.8 Å². The predicted octanol–water partition coefficient (Wildman–Crippen LogP) is 3.75. The summed E-state index contributed by atoms with van der Waals surface area (Å²) >= 11 is 1.57. The van der Waals surface area contributed by atoms with Crippen molar-refractivity contribution < 1.29 is 9.59 Å². The second kappa shape index (κ2) is 8.92. The van der Waals surface area contributed by atoms with Crippen LogP contribution in [-0.2, 0) is 4.79 Å². The number of carbonyl (C=O) groups excluding carboxylic acids is 2. The van der Waals surface area contributed by atoms with Crippen molar-refractivity contribution in [1.29, 1.82) is 0 Å². The van der Waals surface area contributed by atoms with E-state index in [1.807, 2.05) is 35.2 Å². The van der Waals surface area contributed by atoms with Gasteiger partial charge in [-0.15, -0.1) is 11.3 Å². The first kappa shape index (κ1) is 18.5. The minimum atomic E-state index is 0.157. The monoisotopic (exact) mass is 368 g/mol. The van der Waals surface area contributed by atoms with Crippen LogP contribution in [0, 0.1) is 0 Å². The van der Waals surface area contributed by atoms with Gasteiger partial charge in [-0.1, -0.05) is 43.0 Å². The Morgan fingerprint density at radius 1 is 1.15 bits per heavy atom. The maximum atomic E-state index is 12.5. The maximum absolute atomic E-state index is 12.5. The molecule has 1 fully saturated rings. The number of carbonyl (C=O) groups is 2. The average Bonchev–Trinajstić information content (AvgIpc) is 3.11. The molecule has 0 aliphatic carbocycles. The first-order valence-corrected chi connectivity index (χ1v) is 9.78. The van der Waals surface area contributed by atoms with Crippen molar-refractivity contribution in [2.75, 3.05) is 32.7 Å². The van der Waals surface area contributed by atoms with Gasteiger partial charge in [-0.3, -0.25) is 14.5 Å². The molecule has 1 amide bonds. The van der Waals surface area contributed by atoms with Crippen molar-refractivity contribution in [1.82, 2.24) is 9.80 Å². The van der Waals surface area contributed by atoms with Gasteiger partial charge in [0.05, 0.1) is 4.88 Å². The van der Waals surface area contributed by atoms with Crippen molar-refractivity contribution in [2.24, 2.45) is 0 Å². The molecule has 1 aromatic heterocycles. The molecular weight excluding hydrogens is 344 g/mol. The number of amides is 1. The van der Waals surface area contributed by atoms with Crippen LogP contribution >= 0.6 is 11.3 Å². The summed E-state index contributed by atoms with van der Waals surface area (Å²) in [6, 6.07) is 10.1. The van der Waals surface area contributed by atoms with E-state index in [9.17, 15) is 9.59 Å². The lowest BCUT2D eigenvalue weighted by Crippen LogP contribution is -2.48. The molecule has 0 spiro atoms. The number of piperazine rings is 1. The smallest absolute Gasteiger partial charge is 0.226 e. The van der Waals surface area contributed by atoms with Crippen molar-refractivity contribution in [3.05, 3.63) is 60.0 Å². The number of benzene rings is 1. The molecule has 0 atom stereocenters. The van der Waals surface area contributed by atoms with Crippen molar-refractivity contribution in [3.8, 4) is 0 Å². The van der Waals surface area contributed by atoms with Gasteiger partial charge in [-0.05, 0) is 17.5 Å². The Bertz CT molecular complexity index is 783. The Kier molecular flexibility index (Phi) is 6.36. The molecule has 0 N–H and O–H groups in total. The van der Waals surface area contributed by atoms with Crippen LogP contribution in [-0.4, -0.2) is 54.2 Å². The Morgan fingerprint density at radius 2 is 1.92 bits per heavy atom. The number of allylic oxidation sites excluding steroid dienone is 2.